The average molecular weight is 152 g/mol. The van der Waals surface area contributed by atoms with Gasteiger partial charge >= 0.3 is 0 Å². The first kappa shape index (κ1) is 8.06. The molecule has 1 rings (SSSR count). The number of hydrogen-bond donors (Lipinski definition) is 0. The molecule has 0 bridgehead atoms. The molecule has 0 aromatic heterocycles. The molecule has 0 atom stereocenters. The highest BCUT2D eigenvalue weighted by Crippen LogP contribution is 2.09. The molecule has 0 aromatic rings. The van der Waals surface area contributed by atoms with Gasteiger partial charge in [-0.2, -0.15) is 5.26 Å². The molecule has 1 amide bonds. The second kappa shape index (κ2) is 3.97. The lowest BCUT2D eigenvalue weighted by atomic mass is 10.3. The van der Waals surface area contributed by atoms with Gasteiger partial charge < -0.3 is 4.90 Å². The lowest BCUT2D eigenvalue weighted by molar-refractivity contribution is -0.127. The van der Waals surface area contributed by atoms with Crippen LogP contribution in [0, 0.1) is 11.3 Å². The molecule has 60 valence electrons. The van der Waals surface area contributed by atoms with Crippen LogP contribution in [0.3, 0.4) is 0 Å². The predicted molar refractivity (Wildman–Crippen MR) is 40.7 cm³/mol. The van der Waals surface area contributed by atoms with E-state index in [1.54, 1.807) is 0 Å². The molecule has 1 aliphatic heterocycles. The number of carbonyl (C=O) groups is 1. The van der Waals surface area contributed by atoms with Crippen molar-refractivity contribution in [2.24, 2.45) is 0 Å². The van der Waals surface area contributed by atoms with E-state index in [0.717, 1.165) is 25.9 Å². The van der Waals surface area contributed by atoms with E-state index in [9.17, 15) is 4.79 Å². The maximum Gasteiger partial charge on any atom is 0.222 e. The molecule has 1 fully saturated rings. The van der Waals surface area contributed by atoms with Crippen LogP contribution < -0.4 is 0 Å². The highest BCUT2D eigenvalue weighted by Gasteiger charge is 2.18. The normalized spacial score (nSPS) is 17.0. The molecule has 0 aliphatic carbocycles. The molecule has 0 saturated carbocycles. The van der Waals surface area contributed by atoms with Crippen LogP contribution in [0.4, 0.5) is 0 Å². The smallest absolute Gasteiger partial charge is 0.222 e. The molecule has 0 aromatic carbocycles. The summed E-state index contributed by atoms with van der Waals surface area (Å²) in [5.74, 6) is 0.253. The highest BCUT2D eigenvalue weighted by molar-refractivity contribution is 5.77. The molecule has 1 aliphatic rings. The minimum atomic E-state index is 0.253. The number of unbranched alkanes of at least 4 members (excludes halogenated alkanes) is 1. The van der Waals surface area contributed by atoms with Crippen molar-refractivity contribution in [3.63, 3.8) is 0 Å². The molecule has 0 spiro atoms. The van der Waals surface area contributed by atoms with Crippen LogP contribution in [0.5, 0.6) is 0 Å². The quantitative estimate of drug-likeness (QED) is 0.564. The number of rotatable bonds is 3. The number of nitriles is 1. The van der Waals surface area contributed by atoms with Gasteiger partial charge in [-0.25, -0.2) is 0 Å². The van der Waals surface area contributed by atoms with Gasteiger partial charge in [0.05, 0.1) is 6.07 Å². The van der Waals surface area contributed by atoms with E-state index in [4.69, 9.17) is 5.26 Å². The summed E-state index contributed by atoms with van der Waals surface area (Å²) < 4.78 is 0. The number of carbonyl (C=O) groups excluding carboxylic acids is 1. The van der Waals surface area contributed by atoms with Crippen molar-refractivity contribution in [3.05, 3.63) is 0 Å². The summed E-state index contributed by atoms with van der Waals surface area (Å²) in [5, 5.41) is 8.25. The zero-order valence-corrected chi connectivity index (χ0v) is 6.55. The number of hydrogen-bond acceptors (Lipinski definition) is 2. The molecule has 11 heavy (non-hydrogen) atoms. The van der Waals surface area contributed by atoms with Gasteiger partial charge in [0.2, 0.25) is 5.91 Å². The van der Waals surface area contributed by atoms with E-state index in [-0.39, 0.29) is 5.91 Å². The molecule has 3 heteroatoms. The van der Waals surface area contributed by atoms with Crippen LogP contribution in [-0.2, 0) is 4.79 Å². The topological polar surface area (TPSA) is 44.1 Å². The fourth-order valence-corrected chi connectivity index (χ4v) is 1.29. The monoisotopic (exact) mass is 152 g/mol. The second-order valence-corrected chi connectivity index (χ2v) is 2.75. The average Bonchev–Trinajstić information content (AvgIpc) is 2.37. The van der Waals surface area contributed by atoms with Gasteiger partial charge in [-0.15, -0.1) is 0 Å². The minimum absolute atomic E-state index is 0.253. The number of likely N-dealkylation sites (tertiary alicyclic amines) is 1. The number of amides is 1. The second-order valence-electron chi connectivity index (χ2n) is 2.75. The Morgan fingerprint density at radius 3 is 3.00 bits per heavy atom. The SMILES string of the molecule is N#CCCCN1CCCC1=O. The third-order valence-corrected chi connectivity index (χ3v) is 1.89. The Morgan fingerprint density at radius 2 is 2.45 bits per heavy atom. The number of nitrogens with zero attached hydrogens (tertiary/aromatic N) is 2. The van der Waals surface area contributed by atoms with E-state index in [1.165, 1.54) is 0 Å². The van der Waals surface area contributed by atoms with E-state index in [0.29, 0.717) is 12.8 Å². The molecule has 0 N–H and O–H groups in total. The fourth-order valence-electron chi connectivity index (χ4n) is 1.29. The Kier molecular flexibility index (Phi) is 2.91. The molecule has 3 nitrogen and oxygen atoms in total. The summed E-state index contributed by atoms with van der Waals surface area (Å²) in [6.45, 7) is 1.66. The zero-order valence-electron chi connectivity index (χ0n) is 6.55. The highest BCUT2D eigenvalue weighted by atomic mass is 16.2. The first-order valence-electron chi connectivity index (χ1n) is 3.99. The van der Waals surface area contributed by atoms with Crippen molar-refractivity contribution in [1.82, 2.24) is 4.90 Å². The Hall–Kier alpha value is -1.04. The van der Waals surface area contributed by atoms with Gasteiger partial charge in [0.15, 0.2) is 0 Å². The lowest BCUT2D eigenvalue weighted by Crippen LogP contribution is -2.25. The maximum atomic E-state index is 11.0. The molecule has 0 radical (unpaired) electrons. The van der Waals surface area contributed by atoms with E-state index < -0.39 is 0 Å². The van der Waals surface area contributed by atoms with Crippen molar-refractivity contribution >= 4 is 5.91 Å². The van der Waals surface area contributed by atoms with Crippen LogP contribution >= 0.6 is 0 Å². The van der Waals surface area contributed by atoms with E-state index in [2.05, 4.69) is 6.07 Å². The summed E-state index contributed by atoms with van der Waals surface area (Å²) in [4.78, 5) is 12.9. The third kappa shape index (κ3) is 2.23. The van der Waals surface area contributed by atoms with Gasteiger partial charge in [0, 0.05) is 25.9 Å². The van der Waals surface area contributed by atoms with Gasteiger partial charge in [-0.3, -0.25) is 4.79 Å². The van der Waals surface area contributed by atoms with Crippen LogP contribution in [0.1, 0.15) is 25.7 Å². The Morgan fingerprint density at radius 1 is 1.64 bits per heavy atom. The van der Waals surface area contributed by atoms with Crippen molar-refractivity contribution < 1.29 is 4.79 Å². The Balaban J connectivity index is 2.16. The molecule has 1 saturated heterocycles. The predicted octanol–water partition coefficient (Wildman–Crippen LogP) is 0.913. The lowest BCUT2D eigenvalue weighted by Gasteiger charge is -2.13. The summed E-state index contributed by atoms with van der Waals surface area (Å²) in [5.41, 5.74) is 0. The van der Waals surface area contributed by atoms with Crippen molar-refractivity contribution in [2.45, 2.75) is 25.7 Å². The Bertz CT molecular complexity index is 183. The van der Waals surface area contributed by atoms with Crippen molar-refractivity contribution in [2.75, 3.05) is 13.1 Å². The summed E-state index contributed by atoms with van der Waals surface area (Å²) in [6.07, 6.45) is 3.07. The molecule has 1 heterocycles. The van der Waals surface area contributed by atoms with E-state index in [1.807, 2.05) is 4.90 Å². The third-order valence-electron chi connectivity index (χ3n) is 1.89. The first-order chi connectivity index (χ1) is 5.34. The standard InChI is InChI=1S/C8H12N2O/c9-5-1-2-6-10-7-3-4-8(10)11/h1-4,6-7H2. The van der Waals surface area contributed by atoms with E-state index >= 15 is 0 Å². The van der Waals surface area contributed by atoms with Gasteiger partial charge in [-0.1, -0.05) is 0 Å². The van der Waals surface area contributed by atoms with Crippen LogP contribution in [0.15, 0.2) is 0 Å². The summed E-state index contributed by atoms with van der Waals surface area (Å²) >= 11 is 0. The molecule has 0 unspecified atom stereocenters. The fraction of sp³-hybridized carbons (Fsp3) is 0.750. The Labute approximate surface area is 66.6 Å². The van der Waals surface area contributed by atoms with Crippen LogP contribution in [0.25, 0.3) is 0 Å². The maximum absolute atomic E-state index is 11.0. The van der Waals surface area contributed by atoms with Crippen molar-refractivity contribution in [1.29, 1.82) is 5.26 Å². The summed E-state index contributed by atoms with van der Waals surface area (Å²) in [6, 6.07) is 2.07. The van der Waals surface area contributed by atoms with Gasteiger partial charge in [0.25, 0.3) is 0 Å². The van der Waals surface area contributed by atoms with Crippen LogP contribution in [-0.4, -0.2) is 23.9 Å². The first-order valence-corrected chi connectivity index (χ1v) is 3.99. The van der Waals surface area contributed by atoms with Gasteiger partial charge in [-0.05, 0) is 12.8 Å². The summed E-state index contributed by atoms with van der Waals surface area (Å²) in [7, 11) is 0. The van der Waals surface area contributed by atoms with Crippen LogP contribution in [0.2, 0.25) is 0 Å². The molecular formula is C8H12N2O. The van der Waals surface area contributed by atoms with Gasteiger partial charge in [0.1, 0.15) is 0 Å². The largest absolute Gasteiger partial charge is 0.343 e. The minimum Gasteiger partial charge on any atom is -0.343 e. The van der Waals surface area contributed by atoms with Crippen molar-refractivity contribution in [3.8, 4) is 6.07 Å². The molecular weight excluding hydrogens is 140 g/mol. The zero-order chi connectivity index (χ0) is 8.10.